The Bertz CT molecular complexity index is 1170. The molecule has 0 unspecified atom stereocenters. The van der Waals surface area contributed by atoms with Gasteiger partial charge in [0.2, 0.25) is 10.0 Å². The number of anilines is 1. The van der Waals surface area contributed by atoms with Crippen molar-refractivity contribution in [2.45, 2.75) is 36.1 Å². The summed E-state index contributed by atoms with van der Waals surface area (Å²) in [4.78, 5) is 10.9. The van der Waals surface area contributed by atoms with Crippen LogP contribution in [-0.4, -0.2) is 53.9 Å². The van der Waals surface area contributed by atoms with Gasteiger partial charge < -0.3 is 9.47 Å². The first-order valence-electron chi connectivity index (χ1n) is 9.64. The van der Waals surface area contributed by atoms with Crippen LogP contribution in [0.2, 0.25) is 0 Å². The Morgan fingerprint density at radius 1 is 1.09 bits per heavy atom. The Morgan fingerprint density at radius 2 is 1.66 bits per heavy atom. The molecule has 0 radical (unpaired) electrons. The van der Waals surface area contributed by atoms with Crippen LogP contribution in [0.3, 0.4) is 0 Å². The zero-order valence-corrected chi connectivity index (χ0v) is 18.5. The van der Waals surface area contributed by atoms with E-state index in [2.05, 4.69) is 15.2 Å². The number of aromatic nitrogens is 2. The predicted molar refractivity (Wildman–Crippen MR) is 103 cm³/mol. The molecule has 1 aromatic carbocycles. The van der Waals surface area contributed by atoms with Crippen molar-refractivity contribution in [3.8, 4) is 5.75 Å². The molecule has 2 heterocycles. The number of nitrogens with zero attached hydrogens (tertiary/aromatic N) is 3. The van der Waals surface area contributed by atoms with Crippen LogP contribution < -0.4 is 10.1 Å². The molecule has 1 saturated heterocycles. The highest BCUT2D eigenvalue weighted by Crippen LogP contribution is 2.36. The second-order valence-corrected chi connectivity index (χ2v) is 9.29. The average molecular weight is 534 g/mol. The van der Waals surface area contributed by atoms with Crippen LogP contribution in [-0.2, 0) is 28.0 Å². The molecule has 0 aliphatic carbocycles. The standard InChI is InChI=1S/C18H17F7N4O5S/c1-28-10-13(14(27-28)17(20,21)22)35(31,32)29-8-6-16(19,7-9-29)34-15(30)26-11-2-4-12(5-3-11)33-18(23,24)25/h2-5,10H,6-9H2,1H3,(H,26,30). The molecule has 0 bridgehead atoms. The van der Waals surface area contributed by atoms with Crippen molar-refractivity contribution in [3.05, 3.63) is 36.2 Å². The van der Waals surface area contributed by atoms with Gasteiger partial charge in [-0.05, 0) is 24.3 Å². The Morgan fingerprint density at radius 3 is 2.17 bits per heavy atom. The lowest BCUT2D eigenvalue weighted by molar-refractivity contribution is -0.274. The number of hydrogen-bond acceptors (Lipinski definition) is 6. The summed E-state index contributed by atoms with van der Waals surface area (Å²) in [5.41, 5.74) is -1.66. The van der Waals surface area contributed by atoms with Gasteiger partial charge in [0.25, 0.3) is 5.85 Å². The van der Waals surface area contributed by atoms with Crippen molar-refractivity contribution in [1.82, 2.24) is 14.1 Å². The van der Waals surface area contributed by atoms with Gasteiger partial charge in [0, 0.05) is 44.9 Å². The van der Waals surface area contributed by atoms with Crippen molar-refractivity contribution >= 4 is 21.8 Å². The number of nitrogens with one attached hydrogen (secondary N) is 1. The molecule has 1 aliphatic heterocycles. The summed E-state index contributed by atoms with van der Waals surface area (Å²) >= 11 is 0. The van der Waals surface area contributed by atoms with E-state index >= 15 is 0 Å². The molecule has 1 amide bonds. The number of halogens is 7. The van der Waals surface area contributed by atoms with Gasteiger partial charge in [0.05, 0.1) is 0 Å². The van der Waals surface area contributed by atoms with Crippen molar-refractivity contribution in [1.29, 1.82) is 0 Å². The Balaban J connectivity index is 1.61. The minimum atomic E-state index is -5.04. The average Bonchev–Trinajstić information content (AvgIpc) is 3.11. The van der Waals surface area contributed by atoms with Crippen molar-refractivity contribution in [2.75, 3.05) is 18.4 Å². The van der Waals surface area contributed by atoms with Crippen molar-refractivity contribution < 1.29 is 53.4 Å². The van der Waals surface area contributed by atoms with Gasteiger partial charge in [-0.2, -0.15) is 27.0 Å². The smallest absolute Gasteiger partial charge is 0.412 e. The SMILES string of the molecule is Cn1cc(S(=O)(=O)N2CCC(F)(OC(=O)Nc3ccc(OC(F)(F)F)cc3)CC2)c(C(F)(F)F)n1. The summed E-state index contributed by atoms with van der Waals surface area (Å²) in [6.45, 7) is -1.19. The molecule has 9 nitrogen and oxygen atoms in total. The zero-order chi connectivity index (χ0) is 26.2. The highest BCUT2D eigenvalue weighted by Gasteiger charge is 2.46. The van der Waals surface area contributed by atoms with E-state index in [0.29, 0.717) is 15.2 Å². The van der Waals surface area contributed by atoms with Crippen LogP contribution in [0.5, 0.6) is 5.75 Å². The summed E-state index contributed by atoms with van der Waals surface area (Å²) in [5.74, 6) is -3.20. The van der Waals surface area contributed by atoms with Gasteiger partial charge >= 0.3 is 18.6 Å². The predicted octanol–water partition coefficient (Wildman–Crippen LogP) is 4.04. The fourth-order valence-electron chi connectivity index (χ4n) is 3.20. The molecule has 35 heavy (non-hydrogen) atoms. The zero-order valence-electron chi connectivity index (χ0n) is 17.7. The van der Waals surface area contributed by atoms with Gasteiger partial charge in [-0.25, -0.2) is 13.2 Å². The maximum Gasteiger partial charge on any atom is 0.573 e. The number of hydrogen-bond donors (Lipinski definition) is 1. The molecular weight excluding hydrogens is 517 g/mol. The number of rotatable bonds is 5. The molecule has 1 fully saturated rings. The lowest BCUT2D eigenvalue weighted by Crippen LogP contribution is -2.47. The summed E-state index contributed by atoms with van der Waals surface area (Å²) in [7, 11) is -3.57. The lowest BCUT2D eigenvalue weighted by atomic mass is 10.1. The Hall–Kier alpha value is -3.08. The normalized spacial score (nSPS) is 17.1. The lowest BCUT2D eigenvalue weighted by Gasteiger charge is -2.34. The van der Waals surface area contributed by atoms with E-state index in [4.69, 9.17) is 4.74 Å². The number of piperidine rings is 1. The highest BCUT2D eigenvalue weighted by atomic mass is 32.2. The number of aryl methyl sites for hydroxylation is 1. The van der Waals surface area contributed by atoms with E-state index < -0.39 is 76.8 Å². The first-order chi connectivity index (χ1) is 16.0. The molecule has 1 aromatic heterocycles. The third kappa shape index (κ3) is 6.53. The van der Waals surface area contributed by atoms with Crippen LogP contribution in [0, 0.1) is 0 Å². The van der Waals surface area contributed by atoms with Crippen molar-refractivity contribution in [2.24, 2.45) is 7.05 Å². The molecule has 2 aromatic rings. The van der Waals surface area contributed by atoms with Gasteiger partial charge in [-0.15, -0.1) is 13.2 Å². The number of carbonyl (C=O) groups excluding carboxylic acids is 1. The molecule has 194 valence electrons. The first kappa shape index (κ1) is 26.5. The topological polar surface area (TPSA) is 103 Å². The molecule has 17 heteroatoms. The van der Waals surface area contributed by atoms with E-state index in [1.165, 1.54) is 0 Å². The van der Waals surface area contributed by atoms with Gasteiger partial charge in [0.1, 0.15) is 10.6 Å². The second-order valence-electron chi connectivity index (χ2n) is 7.39. The maximum absolute atomic E-state index is 15.0. The first-order valence-corrected chi connectivity index (χ1v) is 11.1. The third-order valence-corrected chi connectivity index (χ3v) is 6.66. The van der Waals surface area contributed by atoms with E-state index in [1.54, 1.807) is 0 Å². The number of amides is 1. The van der Waals surface area contributed by atoms with E-state index in [9.17, 15) is 43.9 Å². The summed E-state index contributed by atoms with van der Waals surface area (Å²) in [6, 6.07) is 3.86. The van der Waals surface area contributed by atoms with Crippen LogP contribution >= 0.6 is 0 Å². The number of ether oxygens (including phenoxy) is 2. The van der Waals surface area contributed by atoms with Crippen LogP contribution in [0.4, 0.5) is 41.2 Å². The number of sulfonamides is 1. The molecular formula is C18H17F7N4O5S. The molecule has 1 N–H and O–H groups in total. The highest BCUT2D eigenvalue weighted by molar-refractivity contribution is 7.89. The fourth-order valence-corrected chi connectivity index (χ4v) is 4.83. The Kier molecular flexibility index (Phi) is 6.95. The van der Waals surface area contributed by atoms with Gasteiger partial charge in [-0.1, -0.05) is 0 Å². The third-order valence-electron chi connectivity index (χ3n) is 4.76. The monoisotopic (exact) mass is 534 g/mol. The fraction of sp³-hybridized carbons (Fsp3) is 0.444. The summed E-state index contributed by atoms with van der Waals surface area (Å²) < 4.78 is 126. The molecule has 1 aliphatic rings. The van der Waals surface area contributed by atoms with Crippen molar-refractivity contribution in [3.63, 3.8) is 0 Å². The van der Waals surface area contributed by atoms with Crippen LogP contribution in [0.1, 0.15) is 18.5 Å². The molecule has 0 saturated carbocycles. The van der Waals surface area contributed by atoms with Crippen LogP contribution in [0.25, 0.3) is 0 Å². The van der Waals surface area contributed by atoms with E-state index in [-0.39, 0.29) is 5.69 Å². The summed E-state index contributed by atoms with van der Waals surface area (Å²) in [5, 5.41) is 5.24. The minimum absolute atomic E-state index is 0.0515. The summed E-state index contributed by atoms with van der Waals surface area (Å²) in [6.07, 6.45) is -12.0. The molecule has 3 rings (SSSR count). The van der Waals surface area contributed by atoms with E-state index in [1.807, 2.05) is 0 Å². The van der Waals surface area contributed by atoms with Gasteiger partial charge in [-0.3, -0.25) is 10.00 Å². The largest absolute Gasteiger partial charge is 0.573 e. The van der Waals surface area contributed by atoms with Gasteiger partial charge in [0.15, 0.2) is 5.69 Å². The van der Waals surface area contributed by atoms with Crippen LogP contribution in [0.15, 0.2) is 35.4 Å². The second kappa shape index (κ2) is 9.18. The number of alkyl halides is 7. The number of benzene rings is 1. The molecule has 0 spiro atoms. The molecule has 0 atom stereocenters. The van der Waals surface area contributed by atoms with E-state index in [0.717, 1.165) is 31.3 Å². The minimum Gasteiger partial charge on any atom is -0.412 e. The maximum atomic E-state index is 15.0. The Labute approximate surface area is 193 Å². The quantitative estimate of drug-likeness (QED) is 0.582. The number of carbonyl (C=O) groups is 1.